The van der Waals surface area contributed by atoms with Gasteiger partial charge in [0.25, 0.3) is 0 Å². The van der Waals surface area contributed by atoms with Crippen molar-refractivity contribution in [2.45, 2.75) is 0 Å². The van der Waals surface area contributed by atoms with E-state index in [0.29, 0.717) is 0 Å². The maximum absolute atomic E-state index is 13.2. The molecular formula is C31H18OS2. The predicted molar refractivity (Wildman–Crippen MR) is 149 cm³/mol. The quantitative estimate of drug-likeness (QED) is 0.230. The van der Waals surface area contributed by atoms with Crippen molar-refractivity contribution >= 4 is 63.0 Å². The zero-order valence-corrected chi connectivity index (χ0v) is 19.8. The van der Waals surface area contributed by atoms with Gasteiger partial charge in [0.1, 0.15) is 0 Å². The van der Waals surface area contributed by atoms with Crippen molar-refractivity contribution in [3.63, 3.8) is 0 Å². The molecular weight excluding hydrogens is 452 g/mol. The third kappa shape index (κ3) is 3.02. The molecule has 0 radical (unpaired) electrons. The topological polar surface area (TPSA) is 17.1 Å². The Morgan fingerprint density at radius 3 is 1.97 bits per heavy atom. The van der Waals surface area contributed by atoms with Gasteiger partial charge in [0.15, 0.2) is 5.43 Å². The van der Waals surface area contributed by atoms with Crippen LogP contribution in [0.25, 0.3) is 62.6 Å². The molecule has 0 amide bonds. The van der Waals surface area contributed by atoms with Crippen LogP contribution in [0.2, 0.25) is 0 Å². The number of fused-ring (bicyclic) bond motifs is 5. The number of thiophene rings is 1. The predicted octanol–water partition coefficient (Wildman–Crippen LogP) is 9.12. The molecule has 2 heterocycles. The first-order chi connectivity index (χ1) is 16.8. The molecule has 0 unspecified atom stereocenters. The minimum absolute atomic E-state index is 0.109. The smallest absolute Gasteiger partial charge is 0.195 e. The minimum atomic E-state index is 0.109. The summed E-state index contributed by atoms with van der Waals surface area (Å²) in [5.41, 5.74) is 4.74. The summed E-state index contributed by atoms with van der Waals surface area (Å²) in [5, 5.41) is 4.20. The Labute approximate surface area is 204 Å². The lowest BCUT2D eigenvalue weighted by molar-refractivity contribution is 1.63. The molecule has 2 aromatic heterocycles. The fraction of sp³-hybridized carbons (Fsp3) is 0. The third-order valence-corrected chi connectivity index (χ3v) is 8.86. The van der Waals surface area contributed by atoms with E-state index in [9.17, 15) is 4.79 Å². The van der Waals surface area contributed by atoms with Crippen LogP contribution in [0.4, 0.5) is 0 Å². The van der Waals surface area contributed by atoms with Gasteiger partial charge in [-0.25, -0.2) is 0 Å². The first-order valence-corrected chi connectivity index (χ1v) is 12.9. The first kappa shape index (κ1) is 19.7. The molecule has 0 N–H and O–H groups in total. The number of benzene rings is 5. The van der Waals surface area contributed by atoms with Crippen molar-refractivity contribution in [1.82, 2.24) is 0 Å². The van der Waals surface area contributed by atoms with E-state index in [4.69, 9.17) is 0 Å². The SMILES string of the molecule is O=c1c2ccccc2sc2ccc(-c3cccc(-c4cccc5c4sc4ccccc45)c3)cc12. The van der Waals surface area contributed by atoms with Gasteiger partial charge in [-0.05, 0) is 58.7 Å². The van der Waals surface area contributed by atoms with Crippen molar-refractivity contribution in [1.29, 1.82) is 0 Å². The lowest BCUT2D eigenvalue weighted by Gasteiger charge is -2.09. The van der Waals surface area contributed by atoms with E-state index in [2.05, 4.69) is 84.9 Å². The average molecular weight is 471 g/mol. The first-order valence-electron chi connectivity index (χ1n) is 11.2. The summed E-state index contributed by atoms with van der Waals surface area (Å²) in [5.74, 6) is 0. The van der Waals surface area contributed by atoms with E-state index in [0.717, 1.165) is 31.3 Å². The summed E-state index contributed by atoms with van der Waals surface area (Å²) in [6.07, 6.45) is 0. The Balaban J connectivity index is 1.41. The highest BCUT2D eigenvalue weighted by Crippen LogP contribution is 2.40. The molecule has 5 aromatic carbocycles. The normalized spacial score (nSPS) is 11.6. The van der Waals surface area contributed by atoms with Gasteiger partial charge in [-0.15, -0.1) is 22.7 Å². The largest absolute Gasteiger partial charge is 0.289 e. The zero-order valence-electron chi connectivity index (χ0n) is 18.1. The Bertz CT molecular complexity index is 1940. The molecule has 0 saturated heterocycles. The van der Waals surface area contributed by atoms with Gasteiger partial charge in [-0.1, -0.05) is 72.8 Å². The lowest BCUT2D eigenvalue weighted by atomic mass is 9.97. The number of hydrogen-bond acceptors (Lipinski definition) is 3. The second-order valence-electron chi connectivity index (χ2n) is 8.50. The van der Waals surface area contributed by atoms with E-state index in [1.807, 2.05) is 35.6 Å². The van der Waals surface area contributed by atoms with Crippen LogP contribution in [0.1, 0.15) is 0 Å². The van der Waals surface area contributed by atoms with Crippen molar-refractivity contribution in [3.05, 3.63) is 119 Å². The molecule has 3 heteroatoms. The van der Waals surface area contributed by atoms with Gasteiger partial charge in [-0.3, -0.25) is 4.79 Å². The molecule has 34 heavy (non-hydrogen) atoms. The number of rotatable bonds is 2. The summed E-state index contributed by atoms with van der Waals surface area (Å²) >= 11 is 3.52. The van der Waals surface area contributed by atoms with Crippen molar-refractivity contribution in [3.8, 4) is 22.3 Å². The molecule has 0 spiro atoms. The van der Waals surface area contributed by atoms with E-state index in [1.54, 1.807) is 11.3 Å². The summed E-state index contributed by atoms with van der Waals surface area (Å²) in [7, 11) is 0. The Morgan fingerprint density at radius 1 is 0.441 bits per heavy atom. The maximum Gasteiger partial charge on any atom is 0.195 e. The summed E-state index contributed by atoms with van der Waals surface area (Å²) in [6, 6.07) is 38.0. The Hall–Kier alpha value is -3.79. The summed E-state index contributed by atoms with van der Waals surface area (Å²) in [6.45, 7) is 0. The average Bonchev–Trinajstić information content (AvgIpc) is 3.28. The fourth-order valence-corrected chi connectivity index (χ4v) is 7.11. The second kappa shape index (κ2) is 7.63. The lowest BCUT2D eigenvalue weighted by Crippen LogP contribution is -2.00. The molecule has 7 aromatic rings. The van der Waals surface area contributed by atoms with Crippen molar-refractivity contribution in [2.24, 2.45) is 0 Å². The van der Waals surface area contributed by atoms with Crippen molar-refractivity contribution in [2.75, 3.05) is 0 Å². The molecule has 0 bridgehead atoms. The molecule has 7 rings (SSSR count). The fourth-order valence-electron chi connectivity index (χ4n) is 4.82. The zero-order chi connectivity index (χ0) is 22.6. The molecule has 160 valence electrons. The standard InChI is InChI=1S/C31H18OS2/c32-30-25-10-2-4-14-28(25)33-29-16-15-20(18-26(29)30)19-7-5-8-21(17-19)22-11-6-12-24-23-9-1-3-13-27(23)34-31(22)24/h1-18H. The summed E-state index contributed by atoms with van der Waals surface area (Å²) in [4.78, 5) is 13.2. The van der Waals surface area contributed by atoms with Gasteiger partial charge in [-0.2, -0.15) is 0 Å². The molecule has 0 aliphatic carbocycles. The highest BCUT2D eigenvalue weighted by atomic mass is 32.1. The van der Waals surface area contributed by atoms with Crippen LogP contribution in [-0.2, 0) is 0 Å². The Kier molecular flexibility index (Phi) is 4.41. The minimum Gasteiger partial charge on any atom is -0.289 e. The Morgan fingerprint density at radius 2 is 1.09 bits per heavy atom. The van der Waals surface area contributed by atoms with E-state index in [1.165, 1.54) is 31.3 Å². The van der Waals surface area contributed by atoms with Gasteiger partial charge in [0.05, 0.1) is 0 Å². The van der Waals surface area contributed by atoms with Gasteiger partial charge in [0, 0.05) is 40.3 Å². The van der Waals surface area contributed by atoms with E-state index in [-0.39, 0.29) is 5.43 Å². The monoisotopic (exact) mass is 470 g/mol. The van der Waals surface area contributed by atoms with Crippen LogP contribution < -0.4 is 5.43 Å². The van der Waals surface area contributed by atoms with Crippen LogP contribution in [0.3, 0.4) is 0 Å². The van der Waals surface area contributed by atoms with Crippen LogP contribution >= 0.6 is 22.7 Å². The maximum atomic E-state index is 13.2. The number of hydrogen-bond donors (Lipinski definition) is 0. The second-order valence-corrected chi connectivity index (χ2v) is 10.6. The molecule has 0 aliphatic rings. The highest BCUT2D eigenvalue weighted by molar-refractivity contribution is 7.26. The van der Waals surface area contributed by atoms with Crippen LogP contribution in [-0.4, -0.2) is 0 Å². The van der Waals surface area contributed by atoms with Crippen LogP contribution in [0, 0.1) is 0 Å². The van der Waals surface area contributed by atoms with E-state index < -0.39 is 0 Å². The van der Waals surface area contributed by atoms with Crippen LogP contribution in [0.5, 0.6) is 0 Å². The van der Waals surface area contributed by atoms with E-state index >= 15 is 0 Å². The molecule has 0 atom stereocenters. The van der Waals surface area contributed by atoms with Gasteiger partial charge >= 0.3 is 0 Å². The van der Waals surface area contributed by atoms with Crippen molar-refractivity contribution < 1.29 is 0 Å². The highest BCUT2D eigenvalue weighted by Gasteiger charge is 2.12. The third-order valence-electron chi connectivity index (χ3n) is 6.49. The molecule has 1 nitrogen and oxygen atoms in total. The van der Waals surface area contributed by atoms with Gasteiger partial charge in [0.2, 0.25) is 0 Å². The van der Waals surface area contributed by atoms with Gasteiger partial charge < -0.3 is 0 Å². The molecule has 0 saturated carbocycles. The molecule has 0 aliphatic heterocycles. The molecule has 0 fully saturated rings. The van der Waals surface area contributed by atoms with Crippen LogP contribution in [0.15, 0.2) is 114 Å². The summed E-state index contributed by atoms with van der Waals surface area (Å²) < 4.78 is 4.69.